The Kier molecular flexibility index (Phi) is 2.58. The van der Waals surface area contributed by atoms with Crippen LogP contribution in [0.2, 0.25) is 0 Å². The Morgan fingerprint density at radius 1 is 1.57 bits per heavy atom. The normalized spacial score (nSPS) is 22.7. The fourth-order valence-corrected chi connectivity index (χ4v) is 2.65. The number of nitrogens with one attached hydrogen (secondary N) is 2. The predicted octanol–water partition coefficient (Wildman–Crippen LogP) is -0.0802. The van der Waals surface area contributed by atoms with Gasteiger partial charge in [0.1, 0.15) is 0 Å². The van der Waals surface area contributed by atoms with Crippen molar-refractivity contribution in [2.45, 2.75) is 17.6 Å². The van der Waals surface area contributed by atoms with Gasteiger partial charge in [-0.05, 0) is 25.1 Å². The van der Waals surface area contributed by atoms with Gasteiger partial charge in [0.25, 0.3) is 10.0 Å². The molecule has 0 aromatic carbocycles. The zero-order chi connectivity index (χ0) is 10.0. The first kappa shape index (κ1) is 9.70. The largest absolute Gasteiger partial charge is 0.452 e. The van der Waals surface area contributed by atoms with Crippen LogP contribution in [0.15, 0.2) is 27.9 Å². The zero-order valence-electron chi connectivity index (χ0n) is 7.56. The van der Waals surface area contributed by atoms with Crippen molar-refractivity contribution >= 4 is 10.0 Å². The first-order valence-electron chi connectivity index (χ1n) is 4.45. The van der Waals surface area contributed by atoms with Gasteiger partial charge < -0.3 is 9.73 Å². The Morgan fingerprint density at radius 2 is 2.43 bits per heavy atom. The molecular weight excluding hydrogens is 204 g/mol. The molecule has 14 heavy (non-hydrogen) atoms. The summed E-state index contributed by atoms with van der Waals surface area (Å²) >= 11 is 0. The maximum atomic E-state index is 11.6. The second kappa shape index (κ2) is 3.72. The Hall–Kier alpha value is -0.850. The lowest BCUT2D eigenvalue weighted by Gasteiger charge is -2.09. The van der Waals surface area contributed by atoms with E-state index >= 15 is 0 Å². The Labute approximate surface area is 82.5 Å². The van der Waals surface area contributed by atoms with E-state index in [9.17, 15) is 8.42 Å². The van der Waals surface area contributed by atoms with E-state index in [0.717, 1.165) is 13.0 Å². The molecule has 1 atom stereocenters. The van der Waals surface area contributed by atoms with Crippen LogP contribution in [-0.4, -0.2) is 27.5 Å². The Morgan fingerprint density at radius 3 is 3.00 bits per heavy atom. The third kappa shape index (κ3) is 1.97. The van der Waals surface area contributed by atoms with Gasteiger partial charge >= 0.3 is 0 Å². The van der Waals surface area contributed by atoms with Gasteiger partial charge in [-0.1, -0.05) is 0 Å². The molecule has 6 heteroatoms. The lowest BCUT2D eigenvalue weighted by molar-refractivity contribution is 0.442. The van der Waals surface area contributed by atoms with Crippen LogP contribution < -0.4 is 10.0 Å². The molecule has 78 valence electrons. The van der Waals surface area contributed by atoms with Gasteiger partial charge in [-0.15, -0.1) is 0 Å². The molecule has 1 aliphatic heterocycles. The topological polar surface area (TPSA) is 71.3 Å². The fourth-order valence-electron chi connectivity index (χ4n) is 1.45. The molecule has 2 heterocycles. The summed E-state index contributed by atoms with van der Waals surface area (Å²) < 4.78 is 30.6. The van der Waals surface area contributed by atoms with E-state index in [4.69, 9.17) is 4.42 Å². The number of sulfonamides is 1. The van der Waals surface area contributed by atoms with Crippen molar-refractivity contribution in [2.24, 2.45) is 0 Å². The second-order valence-corrected chi connectivity index (χ2v) is 4.89. The van der Waals surface area contributed by atoms with Gasteiger partial charge in [0.2, 0.25) is 5.09 Å². The van der Waals surface area contributed by atoms with Crippen LogP contribution in [0.3, 0.4) is 0 Å². The summed E-state index contributed by atoms with van der Waals surface area (Å²) in [5, 5.41) is 3.06. The minimum atomic E-state index is -3.46. The average Bonchev–Trinajstić information content (AvgIpc) is 2.71. The zero-order valence-corrected chi connectivity index (χ0v) is 8.38. The van der Waals surface area contributed by atoms with E-state index in [1.54, 1.807) is 6.07 Å². The van der Waals surface area contributed by atoms with Crippen LogP contribution >= 0.6 is 0 Å². The molecule has 0 amide bonds. The highest BCUT2D eigenvalue weighted by Crippen LogP contribution is 2.10. The van der Waals surface area contributed by atoms with Crippen LogP contribution in [0, 0.1) is 0 Å². The van der Waals surface area contributed by atoms with Crippen LogP contribution in [0.4, 0.5) is 0 Å². The number of furan rings is 1. The standard InChI is InChI=1S/C8H12N2O3S/c11-14(12,8-2-1-5-13-8)10-7-3-4-9-6-7/h1-2,5,7,9-10H,3-4,6H2. The van der Waals surface area contributed by atoms with Crippen molar-refractivity contribution in [2.75, 3.05) is 13.1 Å². The molecule has 0 spiro atoms. The third-order valence-corrected chi connectivity index (χ3v) is 3.55. The van der Waals surface area contributed by atoms with E-state index in [-0.39, 0.29) is 11.1 Å². The molecule has 1 aromatic heterocycles. The summed E-state index contributed by atoms with van der Waals surface area (Å²) in [6.45, 7) is 1.53. The fraction of sp³-hybridized carbons (Fsp3) is 0.500. The summed E-state index contributed by atoms with van der Waals surface area (Å²) in [4.78, 5) is 0. The van der Waals surface area contributed by atoms with Gasteiger partial charge in [0.15, 0.2) is 0 Å². The predicted molar refractivity (Wildman–Crippen MR) is 50.3 cm³/mol. The summed E-state index contributed by atoms with van der Waals surface area (Å²) in [6.07, 6.45) is 2.17. The smallest absolute Gasteiger partial charge is 0.274 e. The molecule has 5 nitrogen and oxygen atoms in total. The van der Waals surface area contributed by atoms with Gasteiger partial charge in [0, 0.05) is 12.6 Å². The van der Waals surface area contributed by atoms with Crippen LogP contribution in [0.5, 0.6) is 0 Å². The monoisotopic (exact) mass is 216 g/mol. The maximum absolute atomic E-state index is 11.6. The van der Waals surface area contributed by atoms with Gasteiger partial charge in [-0.2, -0.15) is 0 Å². The SMILES string of the molecule is O=S(=O)(NC1CCNC1)c1ccco1. The summed E-state index contributed by atoms with van der Waals surface area (Å²) in [5.74, 6) is 0. The minimum Gasteiger partial charge on any atom is -0.452 e. The van der Waals surface area contributed by atoms with E-state index < -0.39 is 10.0 Å². The highest BCUT2D eigenvalue weighted by atomic mass is 32.2. The average molecular weight is 216 g/mol. The lowest BCUT2D eigenvalue weighted by Crippen LogP contribution is -2.35. The molecule has 1 unspecified atom stereocenters. The number of hydrogen-bond donors (Lipinski definition) is 2. The molecule has 0 bridgehead atoms. The lowest BCUT2D eigenvalue weighted by atomic mass is 10.3. The summed E-state index contributed by atoms with van der Waals surface area (Å²) in [7, 11) is -3.46. The summed E-state index contributed by atoms with van der Waals surface area (Å²) in [6, 6.07) is 2.97. The highest BCUT2D eigenvalue weighted by Gasteiger charge is 2.24. The Balaban J connectivity index is 2.09. The molecular formula is C8H12N2O3S. The van der Waals surface area contributed by atoms with Crippen LogP contribution in [0.1, 0.15) is 6.42 Å². The van der Waals surface area contributed by atoms with Crippen molar-refractivity contribution in [3.05, 3.63) is 18.4 Å². The van der Waals surface area contributed by atoms with Crippen LogP contribution in [0.25, 0.3) is 0 Å². The molecule has 2 N–H and O–H groups in total. The first-order chi connectivity index (χ1) is 6.68. The first-order valence-corrected chi connectivity index (χ1v) is 5.93. The molecule has 0 aliphatic carbocycles. The van der Waals surface area contributed by atoms with E-state index in [2.05, 4.69) is 10.0 Å². The van der Waals surface area contributed by atoms with Gasteiger partial charge in [-0.3, -0.25) is 0 Å². The van der Waals surface area contributed by atoms with Crippen LogP contribution in [-0.2, 0) is 10.0 Å². The van der Waals surface area contributed by atoms with Gasteiger partial charge in [0.05, 0.1) is 6.26 Å². The third-order valence-electron chi connectivity index (χ3n) is 2.14. The molecule has 2 rings (SSSR count). The van der Waals surface area contributed by atoms with Crippen molar-refractivity contribution in [3.63, 3.8) is 0 Å². The van der Waals surface area contributed by atoms with Gasteiger partial charge in [-0.25, -0.2) is 13.1 Å². The van der Waals surface area contributed by atoms with Crippen molar-refractivity contribution in [3.8, 4) is 0 Å². The molecule has 1 saturated heterocycles. The number of rotatable bonds is 3. The molecule has 1 fully saturated rings. The molecule has 1 aliphatic rings. The highest BCUT2D eigenvalue weighted by molar-refractivity contribution is 7.89. The van der Waals surface area contributed by atoms with Crippen molar-refractivity contribution in [1.82, 2.24) is 10.0 Å². The number of hydrogen-bond acceptors (Lipinski definition) is 4. The maximum Gasteiger partial charge on any atom is 0.274 e. The van der Waals surface area contributed by atoms with E-state index in [1.807, 2.05) is 0 Å². The van der Waals surface area contributed by atoms with E-state index in [0.29, 0.717) is 6.54 Å². The molecule has 0 radical (unpaired) electrons. The van der Waals surface area contributed by atoms with Crippen molar-refractivity contribution < 1.29 is 12.8 Å². The minimum absolute atomic E-state index is 0.0231. The van der Waals surface area contributed by atoms with E-state index in [1.165, 1.54) is 12.3 Å². The van der Waals surface area contributed by atoms with Crippen molar-refractivity contribution in [1.29, 1.82) is 0 Å². The quantitative estimate of drug-likeness (QED) is 0.741. The summed E-state index contributed by atoms with van der Waals surface area (Å²) in [5.41, 5.74) is 0. The molecule has 0 saturated carbocycles. The second-order valence-electron chi connectivity index (χ2n) is 3.24. The Bertz CT molecular complexity index is 379. The molecule has 1 aromatic rings.